The summed E-state index contributed by atoms with van der Waals surface area (Å²) in [4.78, 5) is 26.4. The van der Waals surface area contributed by atoms with Crippen LogP contribution in [0.3, 0.4) is 0 Å². The Morgan fingerprint density at radius 2 is 1.68 bits per heavy atom. The summed E-state index contributed by atoms with van der Waals surface area (Å²) in [5.74, 6) is -0.717. The van der Waals surface area contributed by atoms with E-state index in [0.29, 0.717) is 24.2 Å². The van der Waals surface area contributed by atoms with Crippen LogP contribution in [-0.4, -0.2) is 55.6 Å². The van der Waals surface area contributed by atoms with E-state index in [1.54, 1.807) is 12.1 Å². The number of anilines is 1. The zero-order valence-electron chi connectivity index (χ0n) is 14.6. The molecule has 2 N–H and O–H groups in total. The maximum Gasteiger partial charge on any atom is 0.313 e. The van der Waals surface area contributed by atoms with Crippen molar-refractivity contribution in [3.63, 3.8) is 0 Å². The van der Waals surface area contributed by atoms with Gasteiger partial charge in [-0.25, -0.2) is 0 Å². The van der Waals surface area contributed by atoms with Crippen LogP contribution >= 0.6 is 0 Å². The number of piperidine rings is 1. The summed E-state index contributed by atoms with van der Waals surface area (Å²) in [6, 6.07) is 9.68. The molecular formula is C19H27N3O3. The van der Waals surface area contributed by atoms with E-state index in [0.717, 1.165) is 52.0 Å². The Morgan fingerprint density at radius 3 is 2.36 bits per heavy atom. The Balaban J connectivity index is 1.36. The predicted octanol–water partition coefficient (Wildman–Crippen LogP) is 1.63. The molecule has 2 aliphatic rings. The molecule has 136 valence electrons. The molecular weight excluding hydrogens is 318 g/mol. The number of benzene rings is 1. The highest BCUT2D eigenvalue weighted by Gasteiger charge is 2.27. The number of carbonyl (C=O) groups is 2. The molecule has 2 saturated heterocycles. The molecule has 1 aromatic carbocycles. The molecule has 0 unspecified atom stereocenters. The summed E-state index contributed by atoms with van der Waals surface area (Å²) in [5, 5.41) is 5.39. The number of rotatable bonds is 4. The Bertz CT molecular complexity index is 565. The average Bonchev–Trinajstić information content (AvgIpc) is 2.68. The van der Waals surface area contributed by atoms with Gasteiger partial charge in [-0.05, 0) is 56.8 Å². The first-order valence-electron chi connectivity index (χ1n) is 9.18. The van der Waals surface area contributed by atoms with Gasteiger partial charge in [-0.1, -0.05) is 18.2 Å². The van der Waals surface area contributed by atoms with E-state index >= 15 is 0 Å². The van der Waals surface area contributed by atoms with Crippen LogP contribution in [0.5, 0.6) is 0 Å². The van der Waals surface area contributed by atoms with E-state index in [1.165, 1.54) is 0 Å². The second-order valence-electron chi connectivity index (χ2n) is 6.85. The largest absolute Gasteiger partial charge is 0.381 e. The van der Waals surface area contributed by atoms with E-state index in [1.807, 2.05) is 18.2 Å². The van der Waals surface area contributed by atoms with Crippen molar-refractivity contribution in [2.24, 2.45) is 5.92 Å². The second kappa shape index (κ2) is 8.97. The normalized spacial score (nSPS) is 20.2. The number of hydrogen-bond acceptors (Lipinski definition) is 4. The third kappa shape index (κ3) is 5.28. The fraction of sp³-hybridized carbons (Fsp3) is 0.579. The van der Waals surface area contributed by atoms with Crippen LogP contribution in [0.2, 0.25) is 0 Å². The van der Waals surface area contributed by atoms with Gasteiger partial charge < -0.3 is 20.3 Å². The molecule has 1 aromatic rings. The molecule has 0 bridgehead atoms. The summed E-state index contributed by atoms with van der Waals surface area (Å²) in [6.45, 7) is 4.46. The molecule has 2 heterocycles. The first-order chi connectivity index (χ1) is 12.2. The van der Waals surface area contributed by atoms with Gasteiger partial charge in [0.2, 0.25) is 0 Å². The van der Waals surface area contributed by atoms with Gasteiger partial charge in [0.05, 0.1) is 0 Å². The van der Waals surface area contributed by atoms with Crippen molar-refractivity contribution in [2.75, 3.05) is 38.2 Å². The molecule has 0 spiro atoms. The van der Waals surface area contributed by atoms with Gasteiger partial charge in [0, 0.05) is 31.5 Å². The van der Waals surface area contributed by atoms with E-state index < -0.39 is 11.8 Å². The van der Waals surface area contributed by atoms with Crippen molar-refractivity contribution < 1.29 is 14.3 Å². The minimum absolute atomic E-state index is 0.449. The molecule has 0 aliphatic carbocycles. The van der Waals surface area contributed by atoms with Gasteiger partial charge in [0.15, 0.2) is 0 Å². The molecule has 0 radical (unpaired) electrons. The average molecular weight is 345 g/mol. The lowest BCUT2D eigenvalue weighted by molar-refractivity contribution is -0.136. The van der Waals surface area contributed by atoms with E-state index in [-0.39, 0.29) is 0 Å². The van der Waals surface area contributed by atoms with Gasteiger partial charge >= 0.3 is 11.8 Å². The van der Waals surface area contributed by atoms with Crippen LogP contribution in [0, 0.1) is 5.92 Å². The Kier molecular flexibility index (Phi) is 6.42. The zero-order chi connectivity index (χ0) is 17.5. The van der Waals surface area contributed by atoms with Gasteiger partial charge in [-0.3, -0.25) is 9.59 Å². The standard InChI is InChI=1S/C19H27N3O3/c23-18(19(24)21-16-4-2-1-3-5-16)20-14-15-6-10-22(11-7-15)17-8-12-25-13-9-17/h1-5,15,17H,6-14H2,(H,20,23)(H,21,24). The lowest BCUT2D eigenvalue weighted by Crippen LogP contribution is -2.46. The quantitative estimate of drug-likeness (QED) is 0.814. The van der Waals surface area contributed by atoms with Gasteiger partial charge in [0.25, 0.3) is 0 Å². The smallest absolute Gasteiger partial charge is 0.313 e. The maximum atomic E-state index is 12.0. The predicted molar refractivity (Wildman–Crippen MR) is 96.2 cm³/mol. The third-order valence-electron chi connectivity index (χ3n) is 5.15. The summed E-state index contributed by atoms with van der Waals surface area (Å²) < 4.78 is 5.43. The number of carbonyl (C=O) groups excluding carboxylic acids is 2. The first kappa shape index (κ1) is 17.9. The lowest BCUT2D eigenvalue weighted by atomic mass is 9.94. The van der Waals surface area contributed by atoms with Crippen molar-refractivity contribution in [1.82, 2.24) is 10.2 Å². The highest BCUT2D eigenvalue weighted by molar-refractivity contribution is 6.39. The van der Waals surface area contributed by atoms with Crippen molar-refractivity contribution >= 4 is 17.5 Å². The highest BCUT2D eigenvalue weighted by Crippen LogP contribution is 2.22. The van der Waals surface area contributed by atoms with Gasteiger partial charge in [-0.15, -0.1) is 0 Å². The fourth-order valence-corrected chi connectivity index (χ4v) is 3.60. The van der Waals surface area contributed by atoms with Crippen LogP contribution in [0.25, 0.3) is 0 Å². The summed E-state index contributed by atoms with van der Waals surface area (Å²) in [5.41, 5.74) is 0.632. The van der Waals surface area contributed by atoms with E-state index in [9.17, 15) is 9.59 Å². The maximum absolute atomic E-state index is 12.0. The van der Waals surface area contributed by atoms with Crippen molar-refractivity contribution in [3.8, 4) is 0 Å². The molecule has 2 amide bonds. The molecule has 6 nitrogen and oxygen atoms in total. The van der Waals surface area contributed by atoms with E-state index in [4.69, 9.17) is 4.74 Å². The summed E-state index contributed by atoms with van der Waals surface area (Å²) in [6.07, 6.45) is 4.39. The number of amides is 2. The van der Waals surface area contributed by atoms with Crippen molar-refractivity contribution in [2.45, 2.75) is 31.7 Å². The number of para-hydroxylation sites is 1. The van der Waals surface area contributed by atoms with Crippen LogP contribution in [0.15, 0.2) is 30.3 Å². The monoisotopic (exact) mass is 345 g/mol. The van der Waals surface area contributed by atoms with Gasteiger partial charge in [0.1, 0.15) is 0 Å². The number of nitrogens with one attached hydrogen (secondary N) is 2. The molecule has 0 saturated carbocycles. The second-order valence-corrected chi connectivity index (χ2v) is 6.85. The molecule has 6 heteroatoms. The van der Waals surface area contributed by atoms with Crippen LogP contribution in [0.4, 0.5) is 5.69 Å². The number of hydrogen-bond donors (Lipinski definition) is 2. The molecule has 3 rings (SSSR count). The molecule has 2 fully saturated rings. The van der Waals surface area contributed by atoms with E-state index in [2.05, 4.69) is 15.5 Å². The molecule has 0 aromatic heterocycles. The zero-order valence-corrected chi connectivity index (χ0v) is 14.6. The lowest BCUT2D eigenvalue weighted by Gasteiger charge is -2.39. The molecule has 25 heavy (non-hydrogen) atoms. The SMILES string of the molecule is O=C(NCC1CCN(C2CCOCC2)CC1)C(=O)Nc1ccccc1. The Morgan fingerprint density at radius 1 is 1.00 bits per heavy atom. The first-order valence-corrected chi connectivity index (χ1v) is 9.18. The van der Waals surface area contributed by atoms with Crippen LogP contribution < -0.4 is 10.6 Å². The molecule has 2 aliphatic heterocycles. The van der Waals surface area contributed by atoms with Crippen LogP contribution in [0.1, 0.15) is 25.7 Å². The fourth-order valence-electron chi connectivity index (χ4n) is 3.60. The van der Waals surface area contributed by atoms with Crippen molar-refractivity contribution in [3.05, 3.63) is 30.3 Å². The Hall–Kier alpha value is -1.92. The van der Waals surface area contributed by atoms with Gasteiger partial charge in [-0.2, -0.15) is 0 Å². The summed E-state index contributed by atoms with van der Waals surface area (Å²) >= 11 is 0. The highest BCUT2D eigenvalue weighted by atomic mass is 16.5. The van der Waals surface area contributed by atoms with Crippen molar-refractivity contribution in [1.29, 1.82) is 0 Å². The number of likely N-dealkylation sites (tertiary alicyclic amines) is 1. The summed E-state index contributed by atoms with van der Waals surface area (Å²) in [7, 11) is 0. The third-order valence-corrected chi connectivity index (χ3v) is 5.15. The number of nitrogens with zero attached hydrogens (tertiary/aromatic N) is 1. The minimum Gasteiger partial charge on any atom is -0.381 e. The Labute approximate surface area is 148 Å². The number of ether oxygens (including phenoxy) is 1. The minimum atomic E-state index is -0.606. The van der Waals surface area contributed by atoms with Crippen LogP contribution in [-0.2, 0) is 14.3 Å². The molecule has 0 atom stereocenters. The topological polar surface area (TPSA) is 70.7 Å².